The van der Waals surface area contributed by atoms with Gasteiger partial charge in [0.05, 0.1) is 36.2 Å². The summed E-state index contributed by atoms with van der Waals surface area (Å²) in [7, 11) is -3.23. The van der Waals surface area contributed by atoms with Crippen molar-refractivity contribution in [3.05, 3.63) is 52.9 Å². The molecule has 5 rings (SSSR count). The van der Waals surface area contributed by atoms with Crippen LogP contribution in [0.2, 0.25) is 5.28 Å². The lowest BCUT2D eigenvalue weighted by molar-refractivity contribution is -0.193. The number of hydrogen-bond donors (Lipinski definition) is 1. The molecule has 1 aromatic carbocycles. The minimum Gasteiger partial charge on any atom is -0.363 e. The van der Waals surface area contributed by atoms with Gasteiger partial charge in [-0.3, -0.25) is 4.57 Å². The van der Waals surface area contributed by atoms with E-state index in [4.69, 9.17) is 34.9 Å². The number of fused-ring (bicyclic) bond motifs is 2. The van der Waals surface area contributed by atoms with Gasteiger partial charge in [-0.1, -0.05) is 6.07 Å². The van der Waals surface area contributed by atoms with E-state index in [-0.39, 0.29) is 29.6 Å². The first-order valence-corrected chi connectivity index (χ1v) is 16.9. The number of thioether (sulfide) groups is 1. The Kier molecular flexibility index (Phi) is 9.51. The van der Waals surface area contributed by atoms with Crippen molar-refractivity contribution < 1.29 is 36.6 Å². The Bertz CT molecular complexity index is 1470. The molecule has 2 aromatic heterocycles. The summed E-state index contributed by atoms with van der Waals surface area (Å²) in [5, 5.41) is 3.78. The second-order valence-corrected chi connectivity index (χ2v) is 14.3. The number of aromatic nitrogens is 3. The Morgan fingerprint density at radius 3 is 2.57 bits per heavy atom. The van der Waals surface area contributed by atoms with E-state index in [1.165, 1.54) is 23.9 Å². The minimum atomic E-state index is -3.23. The molecule has 2 fully saturated rings. The average Bonchev–Trinajstić information content (AvgIpc) is 3.55. The molecule has 3 aromatic rings. The lowest BCUT2D eigenvalue weighted by Crippen LogP contribution is -2.31. The van der Waals surface area contributed by atoms with Crippen LogP contribution >= 0.6 is 31.0 Å². The van der Waals surface area contributed by atoms with Crippen LogP contribution in [0.4, 0.5) is 14.6 Å². The van der Waals surface area contributed by atoms with E-state index in [1.54, 1.807) is 27.0 Å². The number of nitrogens with zero attached hydrogens (tertiary/aromatic N) is 3. The fourth-order valence-electron chi connectivity index (χ4n) is 5.26. The van der Waals surface area contributed by atoms with Crippen molar-refractivity contribution in [2.45, 2.75) is 71.0 Å². The molecule has 0 bridgehead atoms. The summed E-state index contributed by atoms with van der Waals surface area (Å²) >= 11 is 7.75. The van der Waals surface area contributed by atoms with Gasteiger partial charge in [0.2, 0.25) is 5.28 Å². The molecule has 0 aliphatic carbocycles. The molecule has 0 amide bonds. The van der Waals surface area contributed by atoms with Gasteiger partial charge in [-0.2, -0.15) is 4.98 Å². The third kappa shape index (κ3) is 6.63. The molecule has 15 heteroatoms. The summed E-state index contributed by atoms with van der Waals surface area (Å²) in [5.41, 5.74) is 0.933. The fraction of sp³-hybridized carbons (Fsp3) is 0.556. The van der Waals surface area contributed by atoms with E-state index in [0.29, 0.717) is 22.6 Å². The van der Waals surface area contributed by atoms with E-state index in [2.05, 4.69) is 15.3 Å². The van der Waals surface area contributed by atoms with Crippen LogP contribution in [-0.4, -0.2) is 63.1 Å². The fourth-order valence-corrected chi connectivity index (χ4v) is 8.70. The Hall–Kier alpha value is -1.83. The summed E-state index contributed by atoms with van der Waals surface area (Å²) in [6.07, 6.45) is -0.0727. The van der Waals surface area contributed by atoms with Gasteiger partial charge in [0, 0.05) is 23.6 Å². The quantitative estimate of drug-likeness (QED) is 0.165. The van der Waals surface area contributed by atoms with E-state index >= 15 is 0 Å². The molecule has 2 aliphatic rings. The third-order valence-electron chi connectivity index (χ3n) is 6.91. The minimum absolute atomic E-state index is 0.0232. The van der Waals surface area contributed by atoms with Crippen LogP contribution in [-0.2, 0) is 27.8 Å². The SMILES string of the molecule is CCOP(=O)(CSC[C@H]1O[C@@H](n2ccc3c(N[C@H](C)c4ccc(F)cc4F)nc(Cl)nc32)[C@@H]2OC(C)(C)O[C@@H]21)OCC. The number of nitrogens with one attached hydrogen (secondary N) is 1. The topological polar surface area (TPSA) is 106 Å². The van der Waals surface area contributed by atoms with Crippen LogP contribution in [0.15, 0.2) is 30.5 Å². The van der Waals surface area contributed by atoms with Crippen LogP contribution in [0.3, 0.4) is 0 Å². The van der Waals surface area contributed by atoms with Gasteiger partial charge in [-0.25, -0.2) is 13.8 Å². The molecule has 0 spiro atoms. The first kappa shape index (κ1) is 31.6. The molecule has 2 saturated heterocycles. The molecule has 230 valence electrons. The van der Waals surface area contributed by atoms with Gasteiger partial charge in [-0.15, -0.1) is 11.8 Å². The van der Waals surface area contributed by atoms with Crippen LogP contribution in [0.5, 0.6) is 0 Å². The van der Waals surface area contributed by atoms with E-state index in [0.717, 1.165) is 6.07 Å². The zero-order valence-corrected chi connectivity index (χ0v) is 26.3. The summed E-state index contributed by atoms with van der Waals surface area (Å²) in [4.78, 5) is 8.80. The highest BCUT2D eigenvalue weighted by molar-refractivity contribution is 8.04. The summed E-state index contributed by atoms with van der Waals surface area (Å²) in [6, 6.07) is 4.69. The number of benzene rings is 1. The monoisotopic (exact) mass is 646 g/mol. The van der Waals surface area contributed by atoms with E-state index in [9.17, 15) is 13.3 Å². The van der Waals surface area contributed by atoms with Crippen molar-refractivity contribution in [1.82, 2.24) is 14.5 Å². The molecule has 1 N–H and O–H groups in total. The third-order valence-corrected chi connectivity index (χ3v) is 10.9. The predicted octanol–water partition coefficient (Wildman–Crippen LogP) is 6.91. The lowest BCUT2D eigenvalue weighted by Gasteiger charge is -2.25. The number of anilines is 1. The van der Waals surface area contributed by atoms with E-state index in [1.807, 2.05) is 24.5 Å². The second kappa shape index (κ2) is 12.6. The maximum Gasteiger partial charge on any atom is 0.340 e. The van der Waals surface area contributed by atoms with Crippen molar-refractivity contribution in [2.75, 3.05) is 29.8 Å². The molecular formula is C27H34ClF2N4O6PS. The molecule has 5 atom stereocenters. The summed E-state index contributed by atoms with van der Waals surface area (Å²) in [5.74, 6) is -1.32. The highest BCUT2D eigenvalue weighted by Crippen LogP contribution is 2.52. The molecule has 0 saturated carbocycles. The van der Waals surface area contributed by atoms with Crippen molar-refractivity contribution in [2.24, 2.45) is 0 Å². The van der Waals surface area contributed by atoms with Crippen molar-refractivity contribution in [1.29, 1.82) is 0 Å². The largest absolute Gasteiger partial charge is 0.363 e. The predicted molar refractivity (Wildman–Crippen MR) is 157 cm³/mol. The second-order valence-electron chi connectivity index (χ2n) is 10.4. The first-order valence-electron chi connectivity index (χ1n) is 13.7. The van der Waals surface area contributed by atoms with Gasteiger partial charge in [0.1, 0.15) is 35.3 Å². The molecule has 4 heterocycles. The van der Waals surface area contributed by atoms with Gasteiger partial charge in [0.15, 0.2) is 12.0 Å². The number of halogens is 3. The zero-order chi connectivity index (χ0) is 30.2. The lowest BCUT2D eigenvalue weighted by atomic mass is 10.1. The van der Waals surface area contributed by atoms with Crippen LogP contribution in [0.1, 0.15) is 52.5 Å². The van der Waals surface area contributed by atoms with Gasteiger partial charge in [0.25, 0.3) is 0 Å². The van der Waals surface area contributed by atoms with Gasteiger partial charge < -0.3 is 33.1 Å². The Balaban J connectivity index is 1.39. The first-order chi connectivity index (χ1) is 19.9. The van der Waals surface area contributed by atoms with E-state index < -0.39 is 55.6 Å². The molecule has 2 aliphatic heterocycles. The van der Waals surface area contributed by atoms with Crippen LogP contribution in [0, 0.1) is 11.6 Å². The average molecular weight is 647 g/mol. The van der Waals surface area contributed by atoms with Gasteiger partial charge in [-0.05, 0) is 58.4 Å². The van der Waals surface area contributed by atoms with Crippen molar-refractivity contribution >= 4 is 47.8 Å². The highest BCUT2D eigenvalue weighted by Gasteiger charge is 2.56. The molecular weight excluding hydrogens is 613 g/mol. The Morgan fingerprint density at radius 1 is 1.17 bits per heavy atom. The smallest absolute Gasteiger partial charge is 0.340 e. The van der Waals surface area contributed by atoms with Crippen LogP contribution in [0.25, 0.3) is 11.0 Å². The maximum atomic E-state index is 14.4. The summed E-state index contributed by atoms with van der Waals surface area (Å²) in [6.45, 7) is 9.55. The zero-order valence-electron chi connectivity index (χ0n) is 23.9. The maximum absolute atomic E-state index is 14.4. The summed E-state index contributed by atoms with van der Waals surface area (Å²) < 4.78 is 72.5. The molecule has 0 radical (unpaired) electrons. The Morgan fingerprint density at radius 2 is 1.88 bits per heavy atom. The number of ether oxygens (including phenoxy) is 3. The normalized spacial score (nSPS) is 24.3. The highest BCUT2D eigenvalue weighted by atomic mass is 35.5. The standard InChI is InChI=1S/C27H34ClF2N4O6PS/c1-6-36-41(35,37-7-2)14-42-13-20-21-22(40-27(4,5)39-21)25(38-20)34-11-10-18-23(32-26(28)33-24(18)34)31-15(3)17-9-8-16(29)12-19(17)30/h8-12,15,20-22,25H,6-7,13-14H2,1-5H3,(H,31,32,33)/t15-,20-,21-,22-,25-/m1/s1. The van der Waals surface area contributed by atoms with Gasteiger partial charge >= 0.3 is 7.60 Å². The number of hydrogen-bond acceptors (Lipinski definition) is 10. The van der Waals surface area contributed by atoms with Crippen molar-refractivity contribution in [3.63, 3.8) is 0 Å². The van der Waals surface area contributed by atoms with Crippen molar-refractivity contribution in [3.8, 4) is 0 Å². The molecule has 0 unspecified atom stereocenters. The molecule has 10 nitrogen and oxygen atoms in total. The molecule has 42 heavy (non-hydrogen) atoms. The van der Waals surface area contributed by atoms with Crippen LogP contribution < -0.4 is 5.32 Å². The number of rotatable bonds is 12. The Labute approximate surface area is 252 Å².